The van der Waals surface area contributed by atoms with Crippen molar-refractivity contribution in [1.82, 2.24) is 9.97 Å². The van der Waals surface area contributed by atoms with E-state index in [0.29, 0.717) is 12.5 Å². The van der Waals surface area contributed by atoms with E-state index in [9.17, 15) is 27.9 Å². The fraction of sp³-hybridized carbons (Fsp3) is 0.278. The van der Waals surface area contributed by atoms with Gasteiger partial charge in [0.2, 0.25) is 5.60 Å². The highest BCUT2D eigenvalue weighted by Gasteiger charge is 2.41. The molecule has 0 aliphatic carbocycles. The molecule has 0 fully saturated rings. The van der Waals surface area contributed by atoms with Crippen LogP contribution in [-0.2, 0) is 26.9 Å². The molecule has 2 N–H and O–H groups in total. The summed E-state index contributed by atoms with van der Waals surface area (Å²) in [5.74, 6) is -2.59. The number of pyridine rings is 2. The molecule has 0 saturated carbocycles. The zero-order valence-electron chi connectivity index (χ0n) is 15.0. The molecule has 0 bridgehead atoms. The van der Waals surface area contributed by atoms with Crippen molar-refractivity contribution in [1.29, 1.82) is 5.26 Å². The van der Waals surface area contributed by atoms with Crippen LogP contribution in [0, 0.1) is 11.3 Å². The minimum atomic E-state index is -4.88. The monoisotopic (exact) mass is 408 g/mol. The summed E-state index contributed by atoms with van der Waals surface area (Å²) >= 11 is 0. The van der Waals surface area contributed by atoms with Crippen LogP contribution in [0.4, 0.5) is 18.9 Å². The number of anilines is 1. The highest BCUT2D eigenvalue weighted by atomic mass is 19.4. The maximum Gasteiger partial charge on any atom is 0.419 e. The van der Waals surface area contributed by atoms with Crippen molar-refractivity contribution in [2.75, 3.05) is 11.9 Å². The van der Waals surface area contributed by atoms with Crippen LogP contribution < -0.4 is 5.32 Å². The average molecular weight is 408 g/mol. The van der Waals surface area contributed by atoms with E-state index in [2.05, 4.69) is 9.97 Å². The van der Waals surface area contributed by atoms with Crippen LogP contribution in [0.15, 0.2) is 36.8 Å². The topological polar surface area (TPSA) is 125 Å². The number of amides is 1. The summed E-state index contributed by atoms with van der Waals surface area (Å²) in [6.45, 7) is 0.710. The van der Waals surface area contributed by atoms with Gasteiger partial charge in [-0.15, -0.1) is 0 Å². The first kappa shape index (κ1) is 21.8. The Morgan fingerprint density at radius 3 is 2.55 bits per heavy atom. The Kier molecular flexibility index (Phi) is 6.50. The first-order valence-corrected chi connectivity index (χ1v) is 8.13. The molecule has 11 heteroatoms. The number of aliphatic hydroxyl groups is 1. The molecule has 2 heterocycles. The normalized spacial score (nSPS) is 13.1. The molecule has 0 aliphatic heterocycles. The molecule has 0 aliphatic rings. The Balaban J connectivity index is 2.04. The van der Waals surface area contributed by atoms with Gasteiger partial charge < -0.3 is 15.2 Å². The molecule has 8 nitrogen and oxygen atoms in total. The lowest BCUT2D eigenvalue weighted by molar-refractivity contribution is -0.167. The molecule has 1 unspecified atom stereocenters. The molecule has 29 heavy (non-hydrogen) atoms. The van der Waals surface area contributed by atoms with Crippen LogP contribution in [-0.4, -0.2) is 39.2 Å². The number of aromatic nitrogens is 2. The van der Waals surface area contributed by atoms with Crippen molar-refractivity contribution in [3.05, 3.63) is 53.6 Å². The molecular weight excluding hydrogens is 393 g/mol. The molecule has 2 aromatic rings. The molecule has 152 valence electrons. The van der Waals surface area contributed by atoms with Crippen LogP contribution >= 0.6 is 0 Å². The third kappa shape index (κ3) is 5.49. The molecule has 1 atom stereocenters. The molecule has 0 spiro atoms. The maximum atomic E-state index is 13.0. The average Bonchev–Trinajstić information content (AvgIpc) is 2.67. The SMILES string of the molecule is CC(O)(C(=O)Nc1cnc(C#N)c(C(F)(F)F)c1)C(=O)OCCc1ccncc1. The molecule has 0 aromatic carbocycles. The number of ether oxygens (including phenoxy) is 1. The Labute approximate surface area is 163 Å². The van der Waals surface area contributed by atoms with Gasteiger partial charge >= 0.3 is 12.1 Å². The number of carbonyl (C=O) groups is 2. The minimum absolute atomic E-state index is 0.136. The number of rotatable bonds is 6. The van der Waals surface area contributed by atoms with Gasteiger partial charge in [0.1, 0.15) is 6.07 Å². The lowest BCUT2D eigenvalue weighted by Crippen LogP contribution is -2.48. The van der Waals surface area contributed by atoms with Crippen LogP contribution in [0.3, 0.4) is 0 Å². The van der Waals surface area contributed by atoms with Gasteiger partial charge in [0.15, 0.2) is 5.69 Å². The lowest BCUT2D eigenvalue weighted by Gasteiger charge is -2.21. The van der Waals surface area contributed by atoms with Gasteiger partial charge in [-0.3, -0.25) is 9.78 Å². The number of hydrogen-bond donors (Lipinski definition) is 2. The highest BCUT2D eigenvalue weighted by molar-refractivity contribution is 6.11. The third-order valence-corrected chi connectivity index (χ3v) is 3.77. The van der Waals surface area contributed by atoms with Gasteiger partial charge in [-0.25, -0.2) is 9.78 Å². The van der Waals surface area contributed by atoms with E-state index in [1.165, 1.54) is 6.07 Å². The fourth-order valence-electron chi connectivity index (χ4n) is 2.14. The zero-order chi connectivity index (χ0) is 21.7. The van der Waals surface area contributed by atoms with Crippen LogP contribution in [0.25, 0.3) is 0 Å². The van der Waals surface area contributed by atoms with Crippen molar-refractivity contribution in [3.8, 4) is 6.07 Å². The van der Waals surface area contributed by atoms with Gasteiger partial charge in [0.05, 0.1) is 24.1 Å². The van der Waals surface area contributed by atoms with Crippen molar-refractivity contribution in [2.24, 2.45) is 0 Å². The number of esters is 1. The number of nitrogens with one attached hydrogen (secondary N) is 1. The first-order chi connectivity index (χ1) is 13.6. The summed E-state index contributed by atoms with van der Waals surface area (Å²) in [6.07, 6.45) is -0.687. The van der Waals surface area contributed by atoms with Crippen molar-refractivity contribution >= 4 is 17.6 Å². The summed E-state index contributed by atoms with van der Waals surface area (Å²) in [5, 5.41) is 20.8. The Morgan fingerprint density at radius 2 is 1.97 bits per heavy atom. The summed E-state index contributed by atoms with van der Waals surface area (Å²) in [4.78, 5) is 31.4. The molecule has 0 saturated heterocycles. The van der Waals surface area contributed by atoms with E-state index in [1.807, 2.05) is 5.32 Å². The second kappa shape index (κ2) is 8.66. The highest BCUT2D eigenvalue weighted by Crippen LogP contribution is 2.32. The number of alkyl halides is 3. The van der Waals surface area contributed by atoms with E-state index in [0.717, 1.165) is 18.7 Å². The number of carbonyl (C=O) groups excluding carboxylic acids is 2. The van der Waals surface area contributed by atoms with E-state index in [4.69, 9.17) is 10.00 Å². The number of halogens is 3. The van der Waals surface area contributed by atoms with Gasteiger partial charge in [0, 0.05) is 18.8 Å². The van der Waals surface area contributed by atoms with Crippen LogP contribution in [0.1, 0.15) is 23.7 Å². The van der Waals surface area contributed by atoms with Gasteiger partial charge in [-0.1, -0.05) is 0 Å². The fourth-order valence-corrected chi connectivity index (χ4v) is 2.14. The van der Waals surface area contributed by atoms with Gasteiger partial charge in [0.25, 0.3) is 5.91 Å². The van der Waals surface area contributed by atoms with E-state index in [-0.39, 0.29) is 6.61 Å². The number of hydrogen-bond acceptors (Lipinski definition) is 7. The van der Waals surface area contributed by atoms with Crippen LogP contribution in [0.2, 0.25) is 0 Å². The summed E-state index contributed by atoms with van der Waals surface area (Å²) in [6, 6.07) is 5.16. The number of nitrogens with zero attached hydrogens (tertiary/aromatic N) is 3. The van der Waals surface area contributed by atoms with Crippen molar-refractivity contribution in [3.63, 3.8) is 0 Å². The van der Waals surface area contributed by atoms with Gasteiger partial charge in [-0.05, 0) is 30.7 Å². The van der Waals surface area contributed by atoms with Crippen molar-refractivity contribution in [2.45, 2.75) is 25.1 Å². The summed E-state index contributed by atoms with van der Waals surface area (Å²) in [7, 11) is 0. The third-order valence-electron chi connectivity index (χ3n) is 3.77. The zero-order valence-corrected chi connectivity index (χ0v) is 15.0. The van der Waals surface area contributed by atoms with E-state index in [1.54, 1.807) is 24.5 Å². The number of nitriles is 1. The van der Waals surface area contributed by atoms with E-state index < -0.39 is 40.6 Å². The second-order valence-corrected chi connectivity index (χ2v) is 6.00. The second-order valence-electron chi connectivity index (χ2n) is 6.00. The Morgan fingerprint density at radius 1 is 1.31 bits per heavy atom. The Hall–Kier alpha value is -3.52. The quantitative estimate of drug-likeness (QED) is 0.552. The summed E-state index contributed by atoms with van der Waals surface area (Å²) < 4.78 is 43.8. The predicted molar refractivity (Wildman–Crippen MR) is 92.1 cm³/mol. The molecular formula is C18H15F3N4O4. The van der Waals surface area contributed by atoms with Crippen molar-refractivity contribution < 1.29 is 32.6 Å². The van der Waals surface area contributed by atoms with Gasteiger partial charge in [-0.2, -0.15) is 18.4 Å². The lowest BCUT2D eigenvalue weighted by atomic mass is 10.1. The van der Waals surface area contributed by atoms with Crippen LogP contribution in [0.5, 0.6) is 0 Å². The summed E-state index contributed by atoms with van der Waals surface area (Å²) in [5.41, 5.74) is -4.55. The molecule has 2 rings (SSSR count). The Bertz CT molecular complexity index is 940. The first-order valence-electron chi connectivity index (χ1n) is 8.13. The molecule has 2 aromatic heterocycles. The smallest absolute Gasteiger partial charge is 0.419 e. The standard InChI is InChI=1S/C18H15F3N4O4/c1-17(28,16(27)29-7-4-11-2-5-23-6-3-11)15(26)25-12-8-13(18(19,20)21)14(9-22)24-10-12/h2-3,5-6,8,10,28H,4,7H2,1H3,(H,25,26). The maximum absolute atomic E-state index is 13.0. The molecule has 1 amide bonds. The predicted octanol–water partition coefficient (Wildman–Crippen LogP) is 1.84. The molecule has 0 radical (unpaired) electrons. The largest absolute Gasteiger partial charge is 0.463 e. The van der Waals surface area contributed by atoms with E-state index >= 15 is 0 Å². The minimum Gasteiger partial charge on any atom is -0.463 e.